The van der Waals surface area contributed by atoms with Crippen LogP contribution >= 0.6 is 0 Å². The second-order valence-electron chi connectivity index (χ2n) is 2.65. The topological polar surface area (TPSA) is 21.3 Å². The van der Waals surface area contributed by atoms with Gasteiger partial charge in [-0.1, -0.05) is 12.2 Å². The van der Waals surface area contributed by atoms with Gasteiger partial charge in [-0.25, -0.2) is 0 Å². The van der Waals surface area contributed by atoms with Crippen molar-refractivity contribution in [3.05, 3.63) is 12.2 Å². The molecule has 0 heterocycles. The van der Waals surface area contributed by atoms with Gasteiger partial charge in [-0.2, -0.15) is 0 Å². The van der Waals surface area contributed by atoms with E-state index >= 15 is 0 Å². The molecule has 2 unspecified atom stereocenters. The predicted octanol–water partition coefficient (Wildman–Crippen LogP) is 0.939. The summed E-state index contributed by atoms with van der Waals surface area (Å²) in [5.74, 6) is 0. The minimum absolute atomic E-state index is 0.419. The SMILES string of the molecule is CNC1C=CCC(OC)C1. The summed E-state index contributed by atoms with van der Waals surface area (Å²) in [6, 6.07) is 0.513. The molecule has 1 aliphatic carbocycles. The molecule has 58 valence electrons. The number of methoxy groups -OCH3 is 1. The summed E-state index contributed by atoms with van der Waals surface area (Å²) in [4.78, 5) is 0. The van der Waals surface area contributed by atoms with E-state index in [0.29, 0.717) is 12.1 Å². The first-order valence-electron chi connectivity index (χ1n) is 3.73. The van der Waals surface area contributed by atoms with Gasteiger partial charge in [0.05, 0.1) is 6.10 Å². The van der Waals surface area contributed by atoms with Crippen molar-refractivity contribution in [2.24, 2.45) is 0 Å². The lowest BCUT2D eigenvalue weighted by Gasteiger charge is -2.22. The molecule has 10 heavy (non-hydrogen) atoms. The van der Waals surface area contributed by atoms with Gasteiger partial charge >= 0.3 is 0 Å². The molecule has 0 amide bonds. The quantitative estimate of drug-likeness (QED) is 0.578. The van der Waals surface area contributed by atoms with E-state index in [0.717, 1.165) is 12.8 Å². The van der Waals surface area contributed by atoms with Crippen LogP contribution in [0, 0.1) is 0 Å². The van der Waals surface area contributed by atoms with Crippen molar-refractivity contribution in [3.63, 3.8) is 0 Å². The number of ether oxygens (including phenoxy) is 1. The maximum Gasteiger partial charge on any atom is 0.0623 e. The van der Waals surface area contributed by atoms with Gasteiger partial charge in [0, 0.05) is 13.2 Å². The van der Waals surface area contributed by atoms with Gasteiger partial charge in [-0.05, 0) is 19.9 Å². The average molecular weight is 141 g/mol. The smallest absolute Gasteiger partial charge is 0.0623 e. The van der Waals surface area contributed by atoms with Gasteiger partial charge < -0.3 is 10.1 Å². The molecule has 0 aliphatic heterocycles. The van der Waals surface area contributed by atoms with Crippen LogP contribution in [0.4, 0.5) is 0 Å². The Morgan fingerprint density at radius 3 is 3.00 bits per heavy atom. The lowest BCUT2D eigenvalue weighted by molar-refractivity contribution is 0.0887. The zero-order valence-corrected chi connectivity index (χ0v) is 6.63. The Morgan fingerprint density at radius 1 is 1.60 bits per heavy atom. The van der Waals surface area contributed by atoms with E-state index in [-0.39, 0.29) is 0 Å². The molecule has 0 fully saturated rings. The van der Waals surface area contributed by atoms with Gasteiger partial charge in [0.2, 0.25) is 0 Å². The van der Waals surface area contributed by atoms with Crippen molar-refractivity contribution in [2.45, 2.75) is 25.0 Å². The fourth-order valence-electron chi connectivity index (χ4n) is 1.26. The van der Waals surface area contributed by atoms with Crippen molar-refractivity contribution in [3.8, 4) is 0 Å². The maximum absolute atomic E-state index is 5.23. The summed E-state index contributed by atoms with van der Waals surface area (Å²) in [5, 5.41) is 3.20. The highest BCUT2D eigenvalue weighted by Crippen LogP contribution is 2.13. The Morgan fingerprint density at radius 2 is 2.40 bits per heavy atom. The van der Waals surface area contributed by atoms with E-state index in [1.165, 1.54) is 0 Å². The van der Waals surface area contributed by atoms with Crippen LogP contribution in [0.25, 0.3) is 0 Å². The number of hydrogen-bond donors (Lipinski definition) is 1. The molecular weight excluding hydrogens is 126 g/mol. The van der Waals surface area contributed by atoms with E-state index in [1.807, 2.05) is 7.05 Å². The van der Waals surface area contributed by atoms with Gasteiger partial charge in [-0.15, -0.1) is 0 Å². The fourth-order valence-corrected chi connectivity index (χ4v) is 1.26. The van der Waals surface area contributed by atoms with Crippen LogP contribution < -0.4 is 5.32 Å². The molecule has 0 spiro atoms. The second kappa shape index (κ2) is 3.74. The van der Waals surface area contributed by atoms with E-state index < -0.39 is 0 Å². The van der Waals surface area contributed by atoms with Crippen molar-refractivity contribution < 1.29 is 4.74 Å². The Labute approximate surface area is 62.3 Å². The molecule has 1 aliphatic rings. The third-order valence-electron chi connectivity index (χ3n) is 1.99. The molecule has 0 bridgehead atoms. The molecule has 0 radical (unpaired) electrons. The largest absolute Gasteiger partial charge is 0.381 e. The van der Waals surface area contributed by atoms with Crippen LogP contribution in [0.5, 0.6) is 0 Å². The van der Waals surface area contributed by atoms with E-state index in [4.69, 9.17) is 4.74 Å². The maximum atomic E-state index is 5.23. The normalized spacial score (nSPS) is 32.6. The minimum atomic E-state index is 0.419. The van der Waals surface area contributed by atoms with Crippen molar-refractivity contribution in [1.82, 2.24) is 5.32 Å². The predicted molar refractivity (Wildman–Crippen MR) is 42.0 cm³/mol. The summed E-state index contributed by atoms with van der Waals surface area (Å²) in [6.45, 7) is 0. The molecule has 2 heteroatoms. The molecule has 0 saturated heterocycles. The summed E-state index contributed by atoms with van der Waals surface area (Å²) in [6.07, 6.45) is 6.97. The first-order chi connectivity index (χ1) is 4.86. The third-order valence-corrected chi connectivity index (χ3v) is 1.99. The Hall–Kier alpha value is -0.340. The highest BCUT2D eigenvalue weighted by Gasteiger charge is 2.14. The van der Waals surface area contributed by atoms with Crippen LogP contribution in [0.3, 0.4) is 0 Å². The fraction of sp³-hybridized carbons (Fsp3) is 0.750. The summed E-state index contributed by atoms with van der Waals surface area (Å²) in [5.41, 5.74) is 0. The van der Waals surface area contributed by atoms with E-state index in [9.17, 15) is 0 Å². The monoisotopic (exact) mass is 141 g/mol. The molecule has 1 N–H and O–H groups in total. The molecule has 2 atom stereocenters. The third kappa shape index (κ3) is 1.82. The first kappa shape index (κ1) is 7.76. The van der Waals surface area contributed by atoms with Crippen LogP contribution in [0.1, 0.15) is 12.8 Å². The van der Waals surface area contributed by atoms with E-state index in [1.54, 1.807) is 7.11 Å². The molecular formula is C8H15NO. The highest BCUT2D eigenvalue weighted by atomic mass is 16.5. The van der Waals surface area contributed by atoms with Crippen molar-refractivity contribution in [2.75, 3.05) is 14.2 Å². The number of likely N-dealkylation sites (N-methyl/N-ethyl adjacent to an activating group) is 1. The van der Waals surface area contributed by atoms with Crippen molar-refractivity contribution >= 4 is 0 Å². The van der Waals surface area contributed by atoms with Crippen LogP contribution in [-0.2, 0) is 4.74 Å². The average Bonchev–Trinajstić information content (AvgIpc) is 2.05. The lowest BCUT2D eigenvalue weighted by atomic mass is 10.0. The summed E-state index contributed by atoms with van der Waals surface area (Å²) < 4.78 is 5.23. The van der Waals surface area contributed by atoms with Gasteiger partial charge in [0.1, 0.15) is 0 Å². The Bertz CT molecular complexity index is 122. The molecule has 0 aromatic heterocycles. The number of hydrogen-bond acceptors (Lipinski definition) is 2. The zero-order chi connectivity index (χ0) is 7.40. The minimum Gasteiger partial charge on any atom is -0.381 e. The Kier molecular flexibility index (Phi) is 2.90. The Balaban J connectivity index is 2.38. The highest BCUT2D eigenvalue weighted by molar-refractivity contribution is 5.00. The van der Waals surface area contributed by atoms with Crippen molar-refractivity contribution in [1.29, 1.82) is 0 Å². The number of nitrogens with one attached hydrogen (secondary N) is 1. The summed E-state index contributed by atoms with van der Waals surface area (Å²) in [7, 11) is 3.75. The standard InChI is InChI=1S/C8H15NO/c1-9-7-4-3-5-8(6-7)10-2/h3-4,7-9H,5-6H2,1-2H3. The molecule has 0 aromatic rings. The van der Waals surface area contributed by atoms with Gasteiger partial charge in [-0.3, -0.25) is 0 Å². The first-order valence-corrected chi connectivity index (χ1v) is 3.73. The van der Waals surface area contributed by atoms with Crippen LogP contribution in [0.2, 0.25) is 0 Å². The second-order valence-corrected chi connectivity index (χ2v) is 2.65. The van der Waals surface area contributed by atoms with Gasteiger partial charge in [0.25, 0.3) is 0 Å². The van der Waals surface area contributed by atoms with Crippen LogP contribution in [0.15, 0.2) is 12.2 Å². The van der Waals surface area contributed by atoms with Crippen LogP contribution in [-0.4, -0.2) is 26.3 Å². The molecule has 1 rings (SSSR count). The zero-order valence-electron chi connectivity index (χ0n) is 6.63. The summed E-state index contributed by atoms with van der Waals surface area (Å²) >= 11 is 0. The van der Waals surface area contributed by atoms with Gasteiger partial charge in [0.15, 0.2) is 0 Å². The molecule has 0 saturated carbocycles. The molecule has 2 nitrogen and oxygen atoms in total. The lowest BCUT2D eigenvalue weighted by Crippen LogP contribution is -2.31. The van der Waals surface area contributed by atoms with E-state index in [2.05, 4.69) is 17.5 Å². The number of rotatable bonds is 2. The molecule has 0 aromatic carbocycles.